The monoisotopic (exact) mass is 348 g/mol. The van der Waals surface area contributed by atoms with E-state index in [2.05, 4.69) is 22.0 Å². The molecule has 2 heterocycles. The second kappa shape index (κ2) is 8.15. The number of likely N-dealkylation sites (N-methyl/N-ethyl adjacent to an activating group) is 2. The van der Waals surface area contributed by atoms with Crippen molar-refractivity contribution in [3.05, 3.63) is 29.6 Å². The highest BCUT2D eigenvalue weighted by atomic mass is 19.1. The Hall–Kier alpha value is -1.66. The number of piperazine rings is 1. The number of halogens is 1. The van der Waals surface area contributed by atoms with E-state index in [0.29, 0.717) is 23.8 Å². The van der Waals surface area contributed by atoms with Crippen LogP contribution in [0, 0.1) is 5.82 Å². The summed E-state index contributed by atoms with van der Waals surface area (Å²) in [6.45, 7) is 8.19. The highest BCUT2D eigenvalue weighted by Crippen LogP contribution is 2.23. The Morgan fingerprint density at radius 3 is 2.64 bits per heavy atom. The molecule has 0 aliphatic carbocycles. The van der Waals surface area contributed by atoms with Crippen LogP contribution in [0.2, 0.25) is 0 Å². The lowest BCUT2D eigenvalue weighted by Gasteiger charge is -2.36. The van der Waals surface area contributed by atoms with Crippen molar-refractivity contribution in [1.29, 1.82) is 0 Å². The number of carbonyl (C=O) groups excluding carboxylic acids is 1. The highest BCUT2D eigenvalue weighted by Gasteiger charge is 2.25. The number of piperidine rings is 1. The Balaban J connectivity index is 1.68. The zero-order valence-corrected chi connectivity index (χ0v) is 15.3. The molecule has 0 radical (unpaired) electrons. The molecule has 0 aromatic heterocycles. The summed E-state index contributed by atoms with van der Waals surface area (Å²) >= 11 is 0. The van der Waals surface area contributed by atoms with Crippen LogP contribution in [0.1, 0.15) is 30.1 Å². The molecular weight excluding hydrogens is 319 g/mol. The normalized spacial score (nSPS) is 22.3. The molecular formula is C19H29FN4O. The van der Waals surface area contributed by atoms with Gasteiger partial charge in [-0.2, -0.15) is 0 Å². The van der Waals surface area contributed by atoms with Crippen molar-refractivity contribution in [3.8, 4) is 0 Å². The van der Waals surface area contributed by atoms with E-state index in [9.17, 15) is 9.18 Å². The largest absolute Gasteiger partial charge is 0.367 e. The molecule has 1 amide bonds. The van der Waals surface area contributed by atoms with Crippen LogP contribution in [0.4, 0.5) is 10.1 Å². The van der Waals surface area contributed by atoms with Crippen molar-refractivity contribution in [3.63, 3.8) is 0 Å². The number of rotatable bonds is 4. The molecule has 6 heteroatoms. The quantitative estimate of drug-likeness (QED) is 0.900. The number of hydrogen-bond donors (Lipinski definition) is 1. The minimum atomic E-state index is -0.294. The van der Waals surface area contributed by atoms with Gasteiger partial charge in [0.15, 0.2) is 0 Å². The first-order valence-electron chi connectivity index (χ1n) is 9.35. The summed E-state index contributed by atoms with van der Waals surface area (Å²) in [5.74, 6) is -0.362. The Labute approximate surface area is 149 Å². The number of hydrogen-bond acceptors (Lipinski definition) is 4. The van der Waals surface area contributed by atoms with Gasteiger partial charge in [0.25, 0.3) is 5.91 Å². The first-order chi connectivity index (χ1) is 12.1. The van der Waals surface area contributed by atoms with Crippen LogP contribution in [-0.2, 0) is 0 Å². The van der Waals surface area contributed by atoms with E-state index < -0.39 is 0 Å². The van der Waals surface area contributed by atoms with Gasteiger partial charge in [0, 0.05) is 50.9 Å². The molecule has 0 bridgehead atoms. The van der Waals surface area contributed by atoms with E-state index >= 15 is 0 Å². The van der Waals surface area contributed by atoms with Gasteiger partial charge in [-0.25, -0.2) is 4.39 Å². The first kappa shape index (κ1) is 18.1. The second-order valence-corrected chi connectivity index (χ2v) is 6.97. The predicted octanol–water partition coefficient (Wildman–Crippen LogP) is 1.79. The number of amides is 1. The third-order valence-electron chi connectivity index (χ3n) is 5.47. The lowest BCUT2D eigenvalue weighted by molar-refractivity contribution is 0.0697. The molecule has 1 unspecified atom stereocenters. The van der Waals surface area contributed by atoms with Gasteiger partial charge in [-0.3, -0.25) is 4.79 Å². The molecule has 1 aromatic rings. The molecule has 0 saturated carbocycles. The highest BCUT2D eigenvalue weighted by molar-refractivity contribution is 5.94. The Morgan fingerprint density at radius 1 is 1.24 bits per heavy atom. The standard InChI is InChI=1S/C19H29FN4O/c1-3-22-9-11-23(12-10-22)18-7-6-15(13-17(18)20)19(25)24-8-4-5-16(14-24)21-2/h6-7,13,16,21H,3-5,8-12,14H2,1-2H3. The fourth-order valence-electron chi connectivity index (χ4n) is 3.78. The average Bonchev–Trinajstić information content (AvgIpc) is 2.67. The maximum atomic E-state index is 14.6. The average molecular weight is 348 g/mol. The molecule has 2 aliphatic rings. The van der Waals surface area contributed by atoms with Gasteiger partial charge in [-0.1, -0.05) is 6.92 Å². The van der Waals surface area contributed by atoms with Crippen LogP contribution >= 0.6 is 0 Å². The van der Waals surface area contributed by atoms with Crippen LogP contribution in [0.3, 0.4) is 0 Å². The van der Waals surface area contributed by atoms with Gasteiger partial charge in [-0.05, 0) is 44.6 Å². The van der Waals surface area contributed by atoms with Crippen molar-refractivity contribution >= 4 is 11.6 Å². The first-order valence-corrected chi connectivity index (χ1v) is 9.35. The lowest BCUT2D eigenvalue weighted by Crippen LogP contribution is -2.47. The molecule has 2 fully saturated rings. The topological polar surface area (TPSA) is 38.8 Å². The summed E-state index contributed by atoms with van der Waals surface area (Å²) in [4.78, 5) is 19.0. The molecule has 1 atom stereocenters. The molecule has 138 valence electrons. The number of nitrogens with one attached hydrogen (secondary N) is 1. The molecule has 25 heavy (non-hydrogen) atoms. The minimum absolute atomic E-state index is 0.0683. The Bertz CT molecular complexity index is 601. The minimum Gasteiger partial charge on any atom is -0.367 e. The van der Waals surface area contributed by atoms with E-state index in [4.69, 9.17) is 0 Å². The van der Waals surface area contributed by atoms with Crippen molar-refractivity contribution in [2.75, 3.05) is 57.8 Å². The smallest absolute Gasteiger partial charge is 0.254 e. The van der Waals surface area contributed by atoms with Crippen LogP contribution in [0.5, 0.6) is 0 Å². The summed E-state index contributed by atoms with van der Waals surface area (Å²) in [7, 11) is 1.92. The number of likely N-dealkylation sites (tertiary alicyclic amines) is 1. The van der Waals surface area contributed by atoms with Gasteiger partial charge < -0.3 is 20.0 Å². The van der Waals surface area contributed by atoms with E-state index in [1.54, 1.807) is 12.1 Å². The van der Waals surface area contributed by atoms with Crippen LogP contribution in [-0.4, -0.2) is 74.6 Å². The van der Waals surface area contributed by atoms with Gasteiger partial charge >= 0.3 is 0 Å². The lowest BCUT2D eigenvalue weighted by atomic mass is 10.0. The molecule has 2 saturated heterocycles. The van der Waals surface area contributed by atoms with Gasteiger partial charge in [0.1, 0.15) is 5.82 Å². The van der Waals surface area contributed by atoms with E-state index in [-0.39, 0.29) is 11.7 Å². The number of anilines is 1. The molecule has 1 N–H and O–H groups in total. The van der Waals surface area contributed by atoms with E-state index in [0.717, 1.165) is 52.1 Å². The van der Waals surface area contributed by atoms with Crippen molar-refractivity contribution in [2.24, 2.45) is 0 Å². The SMILES string of the molecule is CCN1CCN(c2ccc(C(=O)N3CCCC(NC)C3)cc2F)CC1. The summed E-state index contributed by atoms with van der Waals surface area (Å²) in [6.07, 6.45) is 2.07. The molecule has 3 rings (SSSR count). The Morgan fingerprint density at radius 2 is 2.00 bits per heavy atom. The van der Waals surface area contributed by atoms with Crippen LogP contribution in [0.25, 0.3) is 0 Å². The third-order valence-corrected chi connectivity index (χ3v) is 5.47. The molecule has 0 spiro atoms. The van der Waals surface area contributed by atoms with E-state index in [1.807, 2.05) is 11.9 Å². The summed E-state index contributed by atoms with van der Waals surface area (Å²) in [5, 5.41) is 3.23. The zero-order valence-electron chi connectivity index (χ0n) is 15.3. The zero-order chi connectivity index (χ0) is 17.8. The van der Waals surface area contributed by atoms with Gasteiger partial charge in [-0.15, -0.1) is 0 Å². The van der Waals surface area contributed by atoms with Crippen LogP contribution in [0.15, 0.2) is 18.2 Å². The second-order valence-electron chi connectivity index (χ2n) is 6.97. The number of nitrogens with zero attached hydrogens (tertiary/aromatic N) is 3. The van der Waals surface area contributed by atoms with Gasteiger partial charge in [0.2, 0.25) is 0 Å². The summed E-state index contributed by atoms with van der Waals surface area (Å²) < 4.78 is 14.6. The number of carbonyl (C=O) groups is 1. The molecule has 2 aliphatic heterocycles. The van der Waals surface area contributed by atoms with Crippen LogP contribution < -0.4 is 10.2 Å². The third kappa shape index (κ3) is 4.12. The maximum Gasteiger partial charge on any atom is 0.254 e. The Kier molecular flexibility index (Phi) is 5.91. The fraction of sp³-hybridized carbons (Fsp3) is 0.632. The number of benzene rings is 1. The predicted molar refractivity (Wildman–Crippen MR) is 98.7 cm³/mol. The van der Waals surface area contributed by atoms with Crippen molar-refractivity contribution < 1.29 is 9.18 Å². The van der Waals surface area contributed by atoms with Crippen molar-refractivity contribution in [1.82, 2.24) is 15.1 Å². The maximum absolute atomic E-state index is 14.6. The molecule has 5 nitrogen and oxygen atoms in total. The fourth-order valence-corrected chi connectivity index (χ4v) is 3.78. The molecule has 1 aromatic carbocycles. The van der Waals surface area contributed by atoms with Gasteiger partial charge in [0.05, 0.1) is 5.69 Å². The van der Waals surface area contributed by atoms with E-state index in [1.165, 1.54) is 6.07 Å². The van der Waals surface area contributed by atoms with Crippen molar-refractivity contribution in [2.45, 2.75) is 25.8 Å². The summed E-state index contributed by atoms with van der Waals surface area (Å²) in [6, 6.07) is 5.28. The summed E-state index contributed by atoms with van der Waals surface area (Å²) in [5.41, 5.74) is 1.06.